The number of hydrogen-bond acceptors (Lipinski definition) is 5. The summed E-state index contributed by atoms with van der Waals surface area (Å²) in [7, 11) is 1.36. The first-order valence-corrected chi connectivity index (χ1v) is 8.18. The van der Waals surface area contributed by atoms with Gasteiger partial charge in [-0.05, 0) is 36.1 Å². The summed E-state index contributed by atoms with van der Waals surface area (Å²) in [5.74, 6) is -1.43. The van der Waals surface area contributed by atoms with E-state index in [4.69, 9.17) is 9.47 Å². The second kappa shape index (κ2) is 8.44. The van der Waals surface area contributed by atoms with Crippen LogP contribution < -0.4 is 10.1 Å². The summed E-state index contributed by atoms with van der Waals surface area (Å²) in [6.07, 6.45) is -0.116. The van der Waals surface area contributed by atoms with Crippen molar-refractivity contribution >= 4 is 23.2 Å². The number of thiophene rings is 1. The molecule has 0 aliphatic rings. The normalized spacial score (nSPS) is 11.6. The Morgan fingerprint density at radius 3 is 2.75 bits per heavy atom. The number of nitrogens with one attached hydrogen (secondary N) is 1. The first kappa shape index (κ1) is 17.9. The van der Waals surface area contributed by atoms with E-state index in [1.165, 1.54) is 30.6 Å². The van der Waals surface area contributed by atoms with E-state index in [1.54, 1.807) is 6.07 Å². The third-order valence-electron chi connectivity index (χ3n) is 3.28. The molecule has 0 spiro atoms. The molecule has 0 saturated carbocycles. The Kier molecular flexibility index (Phi) is 6.31. The van der Waals surface area contributed by atoms with Gasteiger partial charge >= 0.3 is 5.97 Å². The lowest BCUT2D eigenvalue weighted by atomic mass is 10.1. The van der Waals surface area contributed by atoms with Crippen LogP contribution in [0.1, 0.15) is 23.4 Å². The number of carbonyl (C=O) groups is 2. The van der Waals surface area contributed by atoms with Crippen molar-refractivity contribution in [1.82, 2.24) is 5.32 Å². The molecule has 0 unspecified atom stereocenters. The monoisotopic (exact) mass is 351 g/mol. The fourth-order valence-corrected chi connectivity index (χ4v) is 2.81. The zero-order valence-electron chi connectivity index (χ0n) is 13.4. The van der Waals surface area contributed by atoms with Crippen molar-refractivity contribution in [2.24, 2.45) is 0 Å². The molecule has 1 amide bonds. The summed E-state index contributed by atoms with van der Waals surface area (Å²) in [5, 5.41) is 4.67. The number of hydrogen-bond donors (Lipinski definition) is 1. The first-order valence-electron chi connectivity index (χ1n) is 7.30. The Bertz CT molecular complexity index is 703. The van der Waals surface area contributed by atoms with Gasteiger partial charge in [0.1, 0.15) is 0 Å². The third-order valence-corrected chi connectivity index (χ3v) is 4.33. The molecule has 1 aromatic heterocycles. The zero-order chi connectivity index (χ0) is 17.5. The third kappa shape index (κ3) is 5.06. The predicted octanol–water partition coefficient (Wildman–Crippen LogP) is 2.86. The number of ether oxygens (including phenoxy) is 2. The lowest BCUT2D eigenvalue weighted by Crippen LogP contribution is -2.31. The maximum absolute atomic E-state index is 13.6. The summed E-state index contributed by atoms with van der Waals surface area (Å²) in [5.41, 5.74) is 0.450. The van der Waals surface area contributed by atoms with Gasteiger partial charge in [0.2, 0.25) is 0 Å². The van der Waals surface area contributed by atoms with Crippen molar-refractivity contribution in [3.63, 3.8) is 0 Å². The average Bonchev–Trinajstić information content (AvgIpc) is 3.08. The topological polar surface area (TPSA) is 64.6 Å². The fourth-order valence-electron chi connectivity index (χ4n) is 2.08. The van der Waals surface area contributed by atoms with Crippen molar-refractivity contribution in [2.45, 2.75) is 19.4 Å². The van der Waals surface area contributed by atoms with Crippen molar-refractivity contribution in [3.05, 3.63) is 52.0 Å². The number of halogens is 1. The molecular formula is C17H18FNO4S. The number of methoxy groups -OCH3 is 1. The number of esters is 1. The molecule has 2 aromatic rings. The molecule has 5 nitrogen and oxygen atoms in total. The van der Waals surface area contributed by atoms with Crippen LogP contribution >= 0.6 is 11.3 Å². The Balaban J connectivity index is 1.78. The molecule has 0 radical (unpaired) electrons. The highest BCUT2D eigenvalue weighted by Crippen LogP contribution is 2.19. The molecule has 0 aliphatic carbocycles. The van der Waals surface area contributed by atoms with Gasteiger partial charge in [0.15, 0.2) is 18.2 Å². The van der Waals surface area contributed by atoms with Crippen LogP contribution in [0.3, 0.4) is 0 Å². The van der Waals surface area contributed by atoms with E-state index in [-0.39, 0.29) is 30.7 Å². The van der Waals surface area contributed by atoms with Gasteiger partial charge in [-0.15, -0.1) is 11.3 Å². The van der Waals surface area contributed by atoms with E-state index in [2.05, 4.69) is 5.32 Å². The molecule has 7 heteroatoms. The van der Waals surface area contributed by atoms with E-state index >= 15 is 0 Å². The van der Waals surface area contributed by atoms with Gasteiger partial charge < -0.3 is 14.8 Å². The molecule has 1 aromatic carbocycles. The lowest BCUT2D eigenvalue weighted by molar-refractivity contribution is -0.148. The highest BCUT2D eigenvalue weighted by molar-refractivity contribution is 7.10. The van der Waals surface area contributed by atoms with Crippen molar-refractivity contribution in [2.75, 3.05) is 13.7 Å². The van der Waals surface area contributed by atoms with Crippen LogP contribution in [-0.4, -0.2) is 25.6 Å². The number of amides is 1. The summed E-state index contributed by atoms with van der Waals surface area (Å²) in [6.45, 7) is 1.48. The molecule has 0 aliphatic heterocycles. The molecule has 128 valence electrons. The van der Waals surface area contributed by atoms with Gasteiger partial charge in [-0.2, -0.15) is 0 Å². The van der Waals surface area contributed by atoms with E-state index < -0.39 is 11.8 Å². The largest absolute Gasteiger partial charge is 0.494 e. The number of benzene rings is 1. The van der Waals surface area contributed by atoms with Crippen molar-refractivity contribution in [1.29, 1.82) is 0 Å². The lowest BCUT2D eigenvalue weighted by Gasteiger charge is -2.12. The van der Waals surface area contributed by atoms with Gasteiger partial charge in [0.05, 0.1) is 19.6 Å². The van der Waals surface area contributed by atoms with E-state index in [1.807, 2.05) is 24.4 Å². The van der Waals surface area contributed by atoms with Crippen LogP contribution in [0.2, 0.25) is 0 Å². The smallest absolute Gasteiger partial charge is 0.310 e. The Labute approximate surface area is 143 Å². The number of carbonyl (C=O) groups excluding carboxylic acids is 2. The highest BCUT2D eigenvalue weighted by Gasteiger charge is 2.13. The van der Waals surface area contributed by atoms with E-state index in [9.17, 15) is 14.0 Å². The molecule has 2 rings (SSSR count). The summed E-state index contributed by atoms with van der Waals surface area (Å²) in [6, 6.07) is 7.89. The SMILES string of the molecule is COc1ccc(CC(=O)OCC(=O)N[C@H](C)c2cccs2)cc1F. The standard InChI is InChI=1S/C17H18FNO4S/c1-11(15-4-3-7-24-15)19-16(20)10-23-17(21)9-12-5-6-14(22-2)13(18)8-12/h3-8,11H,9-10H2,1-2H3,(H,19,20)/t11-/m1/s1. The Morgan fingerprint density at radius 1 is 1.33 bits per heavy atom. The summed E-state index contributed by atoms with van der Waals surface area (Å²) >= 11 is 1.54. The van der Waals surface area contributed by atoms with Crippen LogP contribution in [0.15, 0.2) is 35.7 Å². The molecule has 0 bridgehead atoms. The van der Waals surface area contributed by atoms with Crippen LogP contribution in [-0.2, 0) is 20.7 Å². The Morgan fingerprint density at radius 2 is 2.12 bits per heavy atom. The highest BCUT2D eigenvalue weighted by atomic mass is 32.1. The van der Waals surface area contributed by atoms with Crippen LogP contribution in [0.25, 0.3) is 0 Å². The van der Waals surface area contributed by atoms with Gasteiger partial charge in [-0.1, -0.05) is 12.1 Å². The quantitative estimate of drug-likeness (QED) is 0.779. The second-order valence-corrected chi connectivity index (χ2v) is 6.09. The molecular weight excluding hydrogens is 333 g/mol. The van der Waals surface area contributed by atoms with Gasteiger partial charge in [0, 0.05) is 4.88 Å². The molecule has 1 heterocycles. The minimum atomic E-state index is -0.599. The molecule has 1 N–H and O–H groups in total. The number of rotatable bonds is 7. The minimum Gasteiger partial charge on any atom is -0.494 e. The molecule has 0 fully saturated rings. The van der Waals surface area contributed by atoms with E-state index in [0.717, 1.165) is 4.88 Å². The van der Waals surface area contributed by atoms with Gasteiger partial charge in [-0.25, -0.2) is 4.39 Å². The maximum atomic E-state index is 13.6. The van der Waals surface area contributed by atoms with Gasteiger partial charge in [-0.3, -0.25) is 9.59 Å². The maximum Gasteiger partial charge on any atom is 0.310 e. The van der Waals surface area contributed by atoms with Crippen LogP contribution in [0, 0.1) is 5.82 Å². The van der Waals surface area contributed by atoms with E-state index in [0.29, 0.717) is 5.56 Å². The molecule has 24 heavy (non-hydrogen) atoms. The van der Waals surface area contributed by atoms with Crippen LogP contribution in [0.4, 0.5) is 4.39 Å². The van der Waals surface area contributed by atoms with Crippen LogP contribution in [0.5, 0.6) is 5.75 Å². The zero-order valence-corrected chi connectivity index (χ0v) is 14.2. The van der Waals surface area contributed by atoms with Crippen molar-refractivity contribution in [3.8, 4) is 5.75 Å². The summed E-state index contributed by atoms with van der Waals surface area (Å²) < 4.78 is 23.3. The fraction of sp³-hybridized carbons (Fsp3) is 0.294. The first-order chi connectivity index (χ1) is 11.5. The Hall–Kier alpha value is -2.41. The molecule has 0 saturated heterocycles. The molecule has 1 atom stereocenters. The predicted molar refractivity (Wildman–Crippen MR) is 88.5 cm³/mol. The summed E-state index contributed by atoms with van der Waals surface area (Å²) in [4.78, 5) is 24.5. The van der Waals surface area contributed by atoms with Gasteiger partial charge in [0.25, 0.3) is 5.91 Å². The minimum absolute atomic E-state index is 0.106. The average molecular weight is 351 g/mol. The van der Waals surface area contributed by atoms with Crippen molar-refractivity contribution < 1.29 is 23.5 Å². The second-order valence-electron chi connectivity index (χ2n) is 5.11.